The maximum absolute atomic E-state index is 13.7. The Morgan fingerprint density at radius 2 is 1.62 bits per heavy atom. The van der Waals surface area contributed by atoms with Gasteiger partial charge in [-0.1, -0.05) is 72.3 Å². The number of nitrogens with zero attached hydrogens (tertiary/aromatic N) is 1. The molecule has 34 heavy (non-hydrogen) atoms. The van der Waals surface area contributed by atoms with Gasteiger partial charge in [-0.25, -0.2) is 4.39 Å². The highest BCUT2D eigenvalue weighted by Gasteiger charge is 2.15. The van der Waals surface area contributed by atoms with E-state index >= 15 is 0 Å². The molecule has 1 aromatic heterocycles. The highest BCUT2D eigenvalue weighted by Crippen LogP contribution is 2.21. The zero-order chi connectivity index (χ0) is 23.8. The van der Waals surface area contributed by atoms with Gasteiger partial charge in [0.2, 0.25) is 0 Å². The molecule has 0 saturated carbocycles. The SMILES string of the molecule is O=C(NCCc1ccccc1)c1ccc(CN(Cc2cccc(F)c2)Cc2ccccc2Cl)o1. The van der Waals surface area contributed by atoms with Crippen LogP contribution in [0.2, 0.25) is 5.02 Å². The van der Waals surface area contributed by atoms with Crippen molar-refractivity contribution in [2.75, 3.05) is 6.54 Å². The van der Waals surface area contributed by atoms with Crippen LogP contribution in [-0.4, -0.2) is 17.4 Å². The minimum Gasteiger partial charge on any atom is -0.455 e. The first-order valence-electron chi connectivity index (χ1n) is 11.2. The summed E-state index contributed by atoms with van der Waals surface area (Å²) < 4.78 is 19.6. The summed E-state index contributed by atoms with van der Waals surface area (Å²) in [5, 5.41) is 3.57. The van der Waals surface area contributed by atoms with Gasteiger partial charge in [-0.05, 0) is 53.4 Å². The van der Waals surface area contributed by atoms with Crippen molar-refractivity contribution in [1.29, 1.82) is 0 Å². The second-order valence-corrected chi connectivity index (χ2v) is 8.53. The molecule has 0 spiro atoms. The van der Waals surface area contributed by atoms with Crippen LogP contribution in [0.1, 0.15) is 33.0 Å². The van der Waals surface area contributed by atoms with Crippen LogP contribution in [0.15, 0.2) is 95.4 Å². The molecule has 3 aromatic carbocycles. The van der Waals surface area contributed by atoms with E-state index in [1.807, 2.05) is 60.7 Å². The fourth-order valence-electron chi connectivity index (χ4n) is 3.79. The molecule has 1 amide bonds. The van der Waals surface area contributed by atoms with Crippen molar-refractivity contribution in [3.8, 4) is 0 Å². The van der Waals surface area contributed by atoms with E-state index in [4.69, 9.17) is 16.0 Å². The molecule has 0 fully saturated rings. The van der Waals surface area contributed by atoms with E-state index in [9.17, 15) is 9.18 Å². The fourth-order valence-corrected chi connectivity index (χ4v) is 3.98. The molecule has 1 N–H and O–H groups in total. The van der Waals surface area contributed by atoms with Crippen molar-refractivity contribution in [2.45, 2.75) is 26.1 Å². The summed E-state index contributed by atoms with van der Waals surface area (Å²) in [5.74, 6) is 0.399. The van der Waals surface area contributed by atoms with Crippen molar-refractivity contribution in [2.24, 2.45) is 0 Å². The number of carbonyl (C=O) groups is 1. The molecule has 1 heterocycles. The average Bonchev–Trinajstić information content (AvgIpc) is 3.30. The third kappa shape index (κ3) is 6.80. The quantitative estimate of drug-likeness (QED) is 0.294. The summed E-state index contributed by atoms with van der Waals surface area (Å²) in [6.45, 7) is 2.02. The molecular weight excluding hydrogens is 451 g/mol. The monoisotopic (exact) mass is 476 g/mol. The Bertz CT molecular complexity index is 1230. The predicted octanol–water partition coefficient (Wildman–Crippen LogP) is 6.25. The molecule has 174 valence electrons. The molecular formula is C28H26ClFN2O2. The number of hydrogen-bond donors (Lipinski definition) is 1. The number of carbonyl (C=O) groups excluding carboxylic acids is 1. The molecule has 0 aliphatic rings. The van der Waals surface area contributed by atoms with Crippen LogP contribution in [0.3, 0.4) is 0 Å². The Morgan fingerprint density at radius 3 is 2.41 bits per heavy atom. The molecule has 0 unspecified atom stereocenters. The minimum atomic E-state index is -0.275. The van der Waals surface area contributed by atoms with E-state index in [1.54, 1.807) is 18.2 Å². The topological polar surface area (TPSA) is 45.5 Å². The molecule has 0 aliphatic carbocycles. The van der Waals surface area contributed by atoms with Gasteiger partial charge in [0.15, 0.2) is 5.76 Å². The van der Waals surface area contributed by atoms with E-state index in [0.29, 0.717) is 37.0 Å². The van der Waals surface area contributed by atoms with Gasteiger partial charge in [0.25, 0.3) is 5.91 Å². The summed E-state index contributed by atoms with van der Waals surface area (Å²) in [6.07, 6.45) is 0.749. The second-order valence-electron chi connectivity index (χ2n) is 8.12. The first-order chi connectivity index (χ1) is 16.6. The Hall–Kier alpha value is -3.41. The largest absolute Gasteiger partial charge is 0.455 e. The van der Waals surface area contributed by atoms with Crippen LogP contribution in [0.25, 0.3) is 0 Å². The van der Waals surface area contributed by atoms with Gasteiger partial charge < -0.3 is 9.73 Å². The number of amides is 1. The van der Waals surface area contributed by atoms with Crippen molar-refractivity contribution < 1.29 is 13.6 Å². The molecule has 6 heteroatoms. The Labute approximate surface area is 204 Å². The molecule has 4 rings (SSSR count). The van der Waals surface area contributed by atoms with Crippen LogP contribution in [0, 0.1) is 5.82 Å². The number of hydrogen-bond acceptors (Lipinski definition) is 3. The highest BCUT2D eigenvalue weighted by atomic mass is 35.5. The molecule has 0 bridgehead atoms. The standard InChI is InChI=1S/C28H26ClFN2O2/c29-26-12-5-4-10-23(26)19-32(18-22-9-6-11-24(30)17-22)20-25-13-14-27(34-25)28(33)31-16-15-21-7-2-1-3-8-21/h1-14,17H,15-16,18-20H2,(H,31,33). The molecule has 4 nitrogen and oxygen atoms in total. The zero-order valence-electron chi connectivity index (χ0n) is 18.7. The summed E-state index contributed by atoms with van der Waals surface area (Å²) in [5.41, 5.74) is 2.97. The van der Waals surface area contributed by atoms with Gasteiger partial charge in [0, 0.05) is 24.7 Å². The van der Waals surface area contributed by atoms with Crippen LogP contribution < -0.4 is 5.32 Å². The van der Waals surface area contributed by atoms with Gasteiger partial charge >= 0.3 is 0 Å². The lowest BCUT2D eigenvalue weighted by molar-refractivity contribution is 0.0922. The van der Waals surface area contributed by atoms with Gasteiger partial charge in [0.05, 0.1) is 6.54 Å². The first kappa shape index (κ1) is 23.7. The average molecular weight is 477 g/mol. The smallest absolute Gasteiger partial charge is 0.287 e. The van der Waals surface area contributed by atoms with E-state index in [0.717, 1.165) is 23.1 Å². The van der Waals surface area contributed by atoms with Gasteiger partial charge in [-0.15, -0.1) is 0 Å². The summed E-state index contributed by atoms with van der Waals surface area (Å²) in [6, 6.07) is 27.6. The summed E-state index contributed by atoms with van der Waals surface area (Å²) in [4.78, 5) is 14.6. The zero-order valence-corrected chi connectivity index (χ0v) is 19.5. The Balaban J connectivity index is 1.41. The van der Waals surface area contributed by atoms with Crippen LogP contribution >= 0.6 is 11.6 Å². The molecule has 0 aliphatic heterocycles. The van der Waals surface area contributed by atoms with E-state index in [1.165, 1.54) is 12.1 Å². The maximum atomic E-state index is 13.7. The number of rotatable bonds is 10. The van der Waals surface area contributed by atoms with E-state index < -0.39 is 0 Å². The normalized spacial score (nSPS) is 11.0. The minimum absolute atomic E-state index is 0.245. The van der Waals surface area contributed by atoms with Gasteiger partial charge in [-0.3, -0.25) is 9.69 Å². The Kier molecular flexibility index (Phi) is 8.12. The van der Waals surface area contributed by atoms with Crippen molar-refractivity contribution in [3.05, 3.63) is 130 Å². The molecule has 0 saturated heterocycles. The van der Waals surface area contributed by atoms with Crippen LogP contribution in [-0.2, 0) is 26.1 Å². The molecule has 0 radical (unpaired) electrons. The summed E-state index contributed by atoms with van der Waals surface area (Å²) >= 11 is 6.37. The summed E-state index contributed by atoms with van der Waals surface area (Å²) in [7, 11) is 0. The second kappa shape index (κ2) is 11.6. The number of halogens is 2. The van der Waals surface area contributed by atoms with Crippen LogP contribution in [0.5, 0.6) is 0 Å². The van der Waals surface area contributed by atoms with Crippen LogP contribution in [0.4, 0.5) is 4.39 Å². The molecule has 0 atom stereocenters. The lowest BCUT2D eigenvalue weighted by Gasteiger charge is -2.22. The Morgan fingerprint density at radius 1 is 0.853 bits per heavy atom. The van der Waals surface area contributed by atoms with Gasteiger partial charge in [0.1, 0.15) is 11.6 Å². The van der Waals surface area contributed by atoms with Crippen molar-refractivity contribution >= 4 is 17.5 Å². The number of furan rings is 1. The van der Waals surface area contributed by atoms with Gasteiger partial charge in [-0.2, -0.15) is 0 Å². The van der Waals surface area contributed by atoms with Crippen molar-refractivity contribution in [3.63, 3.8) is 0 Å². The first-order valence-corrected chi connectivity index (χ1v) is 11.6. The molecule has 4 aromatic rings. The number of nitrogens with one attached hydrogen (secondary N) is 1. The fraction of sp³-hybridized carbons (Fsp3) is 0.179. The highest BCUT2D eigenvalue weighted by molar-refractivity contribution is 6.31. The van der Waals surface area contributed by atoms with E-state index in [2.05, 4.69) is 10.2 Å². The predicted molar refractivity (Wildman–Crippen MR) is 132 cm³/mol. The third-order valence-electron chi connectivity index (χ3n) is 5.45. The van der Waals surface area contributed by atoms with Crippen molar-refractivity contribution in [1.82, 2.24) is 10.2 Å². The third-order valence-corrected chi connectivity index (χ3v) is 5.82. The lowest BCUT2D eigenvalue weighted by atomic mass is 10.1. The maximum Gasteiger partial charge on any atom is 0.287 e. The lowest BCUT2D eigenvalue weighted by Crippen LogP contribution is -2.25. The number of benzene rings is 3. The van der Waals surface area contributed by atoms with E-state index in [-0.39, 0.29) is 17.5 Å².